The van der Waals surface area contributed by atoms with Crippen molar-refractivity contribution in [3.05, 3.63) is 40.8 Å². The smallest absolute Gasteiger partial charge is 0.155 e. The highest BCUT2D eigenvalue weighted by molar-refractivity contribution is 6.31. The van der Waals surface area contributed by atoms with Gasteiger partial charge in [0.25, 0.3) is 0 Å². The first-order valence-corrected chi connectivity index (χ1v) is 8.10. The Hall–Kier alpha value is -0.990. The topological polar surface area (TPSA) is 17.3 Å². The van der Waals surface area contributed by atoms with E-state index in [1.165, 1.54) is 37.7 Å². The molecule has 0 aromatic carbocycles. The summed E-state index contributed by atoms with van der Waals surface area (Å²) in [5.41, 5.74) is 3.11. The normalized spacial score (nSPS) is 17.8. The average molecular weight is 309 g/mol. The first-order chi connectivity index (χ1) is 9.79. The summed E-state index contributed by atoms with van der Waals surface area (Å²) in [5.74, 6) is 1.17. The van der Waals surface area contributed by atoms with Crippen LogP contribution >= 0.6 is 23.2 Å². The SMILES string of the molecule is ClC/C(=C/c1c(Cl)nc2ccccn12)C1CCCCC1. The third kappa shape index (κ3) is 2.72. The zero-order chi connectivity index (χ0) is 13.9. The number of alkyl halides is 1. The highest BCUT2D eigenvalue weighted by Gasteiger charge is 2.18. The quantitative estimate of drug-likeness (QED) is 0.713. The van der Waals surface area contributed by atoms with Gasteiger partial charge in [-0.15, -0.1) is 11.6 Å². The standard InChI is InChI=1S/C16H18Cl2N2/c17-11-13(12-6-2-1-3-7-12)10-14-16(18)19-15-8-4-5-9-20(14)15/h4-5,8-10,12H,1-3,6-7,11H2/b13-10-. The van der Waals surface area contributed by atoms with Gasteiger partial charge in [0.2, 0.25) is 0 Å². The Morgan fingerprint density at radius 2 is 2.10 bits per heavy atom. The molecule has 0 radical (unpaired) electrons. The van der Waals surface area contributed by atoms with Crippen LogP contribution in [0, 0.1) is 5.92 Å². The van der Waals surface area contributed by atoms with Crippen LogP contribution in [0.2, 0.25) is 5.15 Å². The molecule has 0 bridgehead atoms. The molecule has 2 nitrogen and oxygen atoms in total. The number of pyridine rings is 1. The molecule has 2 heterocycles. The summed E-state index contributed by atoms with van der Waals surface area (Å²) >= 11 is 12.5. The predicted molar refractivity (Wildman–Crippen MR) is 85.5 cm³/mol. The van der Waals surface area contributed by atoms with Gasteiger partial charge in [-0.3, -0.25) is 4.40 Å². The number of hydrogen-bond donors (Lipinski definition) is 0. The second-order valence-corrected chi connectivity index (χ2v) is 6.03. The molecule has 3 rings (SSSR count). The number of hydrogen-bond acceptors (Lipinski definition) is 1. The summed E-state index contributed by atoms with van der Waals surface area (Å²) < 4.78 is 2.03. The molecular weight excluding hydrogens is 291 g/mol. The second-order valence-electron chi connectivity index (χ2n) is 5.40. The van der Waals surface area contributed by atoms with Crippen LogP contribution in [0.15, 0.2) is 30.0 Å². The molecule has 1 saturated carbocycles. The van der Waals surface area contributed by atoms with Gasteiger partial charge in [0, 0.05) is 12.1 Å². The van der Waals surface area contributed by atoms with Gasteiger partial charge in [-0.1, -0.05) is 42.5 Å². The van der Waals surface area contributed by atoms with E-state index >= 15 is 0 Å². The van der Waals surface area contributed by atoms with Crippen LogP contribution in [0.5, 0.6) is 0 Å². The maximum absolute atomic E-state index is 6.29. The monoisotopic (exact) mass is 308 g/mol. The third-order valence-electron chi connectivity index (χ3n) is 4.13. The maximum atomic E-state index is 6.29. The molecule has 0 amide bonds. The van der Waals surface area contributed by atoms with Crippen LogP contribution in [0.3, 0.4) is 0 Å². The van der Waals surface area contributed by atoms with E-state index in [2.05, 4.69) is 11.1 Å². The number of aromatic nitrogens is 2. The summed E-state index contributed by atoms with van der Waals surface area (Å²) in [5, 5.41) is 0.551. The highest BCUT2D eigenvalue weighted by Crippen LogP contribution is 2.32. The Balaban J connectivity index is 2.00. The Kier molecular flexibility index (Phi) is 4.32. The number of rotatable bonds is 3. The largest absolute Gasteiger partial charge is 0.299 e. The van der Waals surface area contributed by atoms with Crippen LogP contribution in [0.25, 0.3) is 11.7 Å². The van der Waals surface area contributed by atoms with Crippen LogP contribution in [-0.4, -0.2) is 15.3 Å². The molecule has 106 valence electrons. The Bertz CT molecular complexity index is 624. The van der Waals surface area contributed by atoms with Crippen molar-refractivity contribution in [2.75, 3.05) is 5.88 Å². The van der Waals surface area contributed by atoms with Gasteiger partial charge in [-0.05, 0) is 37.0 Å². The molecule has 0 N–H and O–H groups in total. The molecule has 2 aromatic heterocycles. The van der Waals surface area contributed by atoms with E-state index < -0.39 is 0 Å². The molecule has 0 spiro atoms. The van der Waals surface area contributed by atoms with E-state index in [-0.39, 0.29) is 0 Å². The molecule has 1 fully saturated rings. The minimum Gasteiger partial charge on any atom is -0.299 e. The fourth-order valence-electron chi connectivity index (χ4n) is 3.03. The van der Waals surface area contributed by atoms with Crippen molar-refractivity contribution >= 4 is 34.9 Å². The van der Waals surface area contributed by atoms with E-state index in [4.69, 9.17) is 23.2 Å². The summed E-state index contributed by atoms with van der Waals surface area (Å²) in [4.78, 5) is 4.39. The van der Waals surface area contributed by atoms with Gasteiger partial charge in [0.1, 0.15) is 5.65 Å². The van der Waals surface area contributed by atoms with Gasteiger partial charge in [0.05, 0.1) is 5.69 Å². The highest BCUT2D eigenvalue weighted by atomic mass is 35.5. The number of nitrogens with zero attached hydrogens (tertiary/aromatic N) is 2. The van der Waals surface area contributed by atoms with E-state index in [0.717, 1.165) is 11.3 Å². The Morgan fingerprint density at radius 1 is 1.30 bits per heavy atom. The Labute approximate surface area is 129 Å². The molecule has 20 heavy (non-hydrogen) atoms. The van der Waals surface area contributed by atoms with Crippen molar-refractivity contribution in [3.8, 4) is 0 Å². The van der Waals surface area contributed by atoms with Crippen LogP contribution in [0.4, 0.5) is 0 Å². The van der Waals surface area contributed by atoms with Crippen molar-refractivity contribution in [1.29, 1.82) is 0 Å². The van der Waals surface area contributed by atoms with E-state index in [9.17, 15) is 0 Å². The zero-order valence-corrected chi connectivity index (χ0v) is 12.9. The van der Waals surface area contributed by atoms with Gasteiger partial charge in [-0.2, -0.15) is 0 Å². The average Bonchev–Trinajstić information content (AvgIpc) is 2.81. The second kappa shape index (κ2) is 6.19. The van der Waals surface area contributed by atoms with Crippen molar-refractivity contribution in [1.82, 2.24) is 9.38 Å². The Morgan fingerprint density at radius 3 is 2.85 bits per heavy atom. The number of imidazole rings is 1. The molecular formula is C16H18Cl2N2. The van der Waals surface area contributed by atoms with Crippen LogP contribution in [-0.2, 0) is 0 Å². The lowest BCUT2D eigenvalue weighted by Crippen LogP contribution is -2.10. The van der Waals surface area contributed by atoms with Gasteiger partial charge >= 0.3 is 0 Å². The fourth-order valence-corrected chi connectivity index (χ4v) is 3.56. The van der Waals surface area contributed by atoms with Crippen LogP contribution < -0.4 is 0 Å². The van der Waals surface area contributed by atoms with E-state index in [1.807, 2.05) is 28.8 Å². The van der Waals surface area contributed by atoms with Gasteiger partial charge in [0.15, 0.2) is 5.15 Å². The first-order valence-electron chi connectivity index (χ1n) is 7.18. The molecule has 0 unspecified atom stereocenters. The third-order valence-corrected chi connectivity index (χ3v) is 4.71. The first kappa shape index (κ1) is 14.0. The molecule has 1 aliphatic carbocycles. The van der Waals surface area contributed by atoms with E-state index in [1.54, 1.807) is 0 Å². The fraction of sp³-hybridized carbons (Fsp3) is 0.438. The molecule has 4 heteroatoms. The lowest BCUT2D eigenvalue weighted by molar-refractivity contribution is 0.405. The minimum absolute atomic E-state index is 0.551. The lowest BCUT2D eigenvalue weighted by atomic mass is 9.84. The number of halogens is 2. The summed E-state index contributed by atoms with van der Waals surface area (Å²) in [7, 11) is 0. The van der Waals surface area contributed by atoms with Crippen molar-refractivity contribution < 1.29 is 0 Å². The summed E-state index contributed by atoms with van der Waals surface area (Å²) in [6, 6.07) is 5.92. The lowest BCUT2D eigenvalue weighted by Gasteiger charge is -2.23. The minimum atomic E-state index is 0.551. The predicted octanol–water partition coefficient (Wildman–Crippen LogP) is 5.19. The van der Waals surface area contributed by atoms with Crippen LogP contribution in [0.1, 0.15) is 37.8 Å². The molecule has 1 aliphatic rings. The number of allylic oxidation sites excluding steroid dienone is 1. The van der Waals surface area contributed by atoms with E-state index in [0.29, 0.717) is 17.0 Å². The number of fused-ring (bicyclic) bond motifs is 1. The van der Waals surface area contributed by atoms with Crippen molar-refractivity contribution in [2.24, 2.45) is 5.92 Å². The molecule has 2 aromatic rings. The van der Waals surface area contributed by atoms with Crippen molar-refractivity contribution in [3.63, 3.8) is 0 Å². The summed E-state index contributed by atoms with van der Waals surface area (Å²) in [6.45, 7) is 0. The molecule has 0 aliphatic heterocycles. The molecule has 0 atom stereocenters. The zero-order valence-electron chi connectivity index (χ0n) is 11.4. The summed E-state index contributed by atoms with van der Waals surface area (Å²) in [6.07, 6.45) is 10.6. The maximum Gasteiger partial charge on any atom is 0.155 e. The van der Waals surface area contributed by atoms with Crippen molar-refractivity contribution in [2.45, 2.75) is 32.1 Å². The van der Waals surface area contributed by atoms with Gasteiger partial charge in [-0.25, -0.2) is 4.98 Å². The van der Waals surface area contributed by atoms with Gasteiger partial charge < -0.3 is 0 Å². The molecule has 0 saturated heterocycles.